The van der Waals surface area contributed by atoms with Crippen LogP contribution in [0.5, 0.6) is 23.0 Å². The van der Waals surface area contributed by atoms with Crippen molar-refractivity contribution in [2.75, 3.05) is 26.9 Å². The normalized spacial score (nSPS) is 31.4. The second-order valence-electron chi connectivity index (χ2n) is 9.99. The summed E-state index contributed by atoms with van der Waals surface area (Å²) in [5.74, 6) is -0.651. The van der Waals surface area contributed by atoms with Crippen LogP contribution >= 0.6 is 0 Å². The summed E-state index contributed by atoms with van der Waals surface area (Å²) in [7, 11) is 1.38. The Hall–Kier alpha value is -3.51. The van der Waals surface area contributed by atoms with Crippen molar-refractivity contribution in [3.05, 3.63) is 46.6 Å². The minimum Gasteiger partial charge on any atom is -0.507 e. The third-order valence-electron chi connectivity index (χ3n) is 7.19. The highest BCUT2D eigenvalue weighted by Crippen LogP contribution is 2.36. The van der Waals surface area contributed by atoms with Crippen LogP contribution in [-0.2, 0) is 14.2 Å². The predicted octanol–water partition coefficient (Wildman–Crippen LogP) is -1.48. The molecule has 3 aromatic rings. The fraction of sp³-hybridized carbons (Fsp3) is 0.444. The van der Waals surface area contributed by atoms with Gasteiger partial charge in [-0.05, 0) is 18.2 Å². The maximum atomic E-state index is 12.9. The van der Waals surface area contributed by atoms with E-state index in [1.54, 1.807) is 6.07 Å². The SMILES string of the molecule is COc1ccc(-c2cc(=O)c3c(O)cc(O[C@@H]4O[C@H](CO)[C@@H](O)[C@H](O)[C@H]4O[C@@H]4OC[C@](O)(CO)[C@H]4O)cc3o2)cc1O. The van der Waals surface area contributed by atoms with Gasteiger partial charge in [-0.25, -0.2) is 0 Å². The topological polar surface area (TPSA) is 238 Å². The summed E-state index contributed by atoms with van der Waals surface area (Å²) in [6.45, 7) is -2.08. The molecule has 2 aliphatic heterocycles. The summed E-state index contributed by atoms with van der Waals surface area (Å²) in [5.41, 5.74) is -2.46. The van der Waals surface area contributed by atoms with Gasteiger partial charge in [-0.3, -0.25) is 4.79 Å². The summed E-state index contributed by atoms with van der Waals surface area (Å²) in [4.78, 5) is 12.9. The summed E-state index contributed by atoms with van der Waals surface area (Å²) in [6.07, 6.45) is -11.3. The second kappa shape index (κ2) is 11.6. The van der Waals surface area contributed by atoms with Crippen molar-refractivity contribution in [1.29, 1.82) is 0 Å². The molecule has 5 rings (SSSR count). The average Bonchev–Trinajstić information content (AvgIpc) is 3.25. The van der Waals surface area contributed by atoms with E-state index in [9.17, 15) is 45.6 Å². The van der Waals surface area contributed by atoms with Gasteiger partial charge in [-0.15, -0.1) is 0 Å². The number of phenolic OH excluding ortho intramolecular Hbond substituents is 2. The van der Waals surface area contributed by atoms with Crippen LogP contribution in [0.2, 0.25) is 0 Å². The number of aromatic hydroxyl groups is 2. The van der Waals surface area contributed by atoms with Crippen molar-refractivity contribution in [2.24, 2.45) is 0 Å². The van der Waals surface area contributed by atoms with Gasteiger partial charge in [0.15, 0.2) is 29.3 Å². The lowest BCUT2D eigenvalue weighted by Gasteiger charge is -2.42. The maximum absolute atomic E-state index is 12.9. The molecule has 8 atom stereocenters. The molecule has 0 bridgehead atoms. The van der Waals surface area contributed by atoms with Gasteiger partial charge in [-0.1, -0.05) is 0 Å². The standard InChI is InChI=1S/C27H30O15/c1-37-16-3-2-11(4-13(16)30)17-7-15(32)20-14(31)5-12(6-18(20)40-17)39-25-23(22(34)21(33)19(8-28)41-25)42-26-24(35)27(36,9-29)10-38-26/h2-7,19,21-26,28-31,33-36H,8-10H2,1H3/t19-,21-,22+,23-,24+,25-,26+,27-/m1/s1. The Kier molecular flexibility index (Phi) is 8.30. The zero-order chi connectivity index (χ0) is 30.3. The predicted molar refractivity (Wildman–Crippen MR) is 139 cm³/mol. The van der Waals surface area contributed by atoms with E-state index in [-0.39, 0.29) is 34.0 Å². The molecule has 15 nitrogen and oxygen atoms in total. The smallest absolute Gasteiger partial charge is 0.229 e. The molecular formula is C27H30O15. The van der Waals surface area contributed by atoms with Crippen molar-refractivity contribution < 1.29 is 69.0 Å². The molecule has 2 aromatic carbocycles. The Bertz CT molecular complexity index is 1490. The lowest BCUT2D eigenvalue weighted by atomic mass is 9.98. The molecule has 42 heavy (non-hydrogen) atoms. The Morgan fingerprint density at radius 2 is 1.76 bits per heavy atom. The van der Waals surface area contributed by atoms with Gasteiger partial charge in [0, 0.05) is 23.8 Å². The first-order valence-electron chi connectivity index (χ1n) is 12.8. The fourth-order valence-electron chi connectivity index (χ4n) is 4.79. The molecule has 15 heteroatoms. The largest absolute Gasteiger partial charge is 0.507 e. The Labute approximate surface area is 236 Å². The molecule has 0 amide bonds. The van der Waals surface area contributed by atoms with E-state index in [2.05, 4.69) is 0 Å². The first-order valence-corrected chi connectivity index (χ1v) is 12.8. The number of rotatable bonds is 8. The van der Waals surface area contributed by atoms with Crippen LogP contribution in [0.3, 0.4) is 0 Å². The van der Waals surface area contributed by atoms with Gasteiger partial charge < -0.3 is 69.0 Å². The van der Waals surface area contributed by atoms with Crippen LogP contribution in [0.25, 0.3) is 22.3 Å². The third kappa shape index (κ3) is 5.37. The number of fused-ring (bicyclic) bond motifs is 1. The lowest BCUT2D eigenvalue weighted by Crippen LogP contribution is -2.62. The van der Waals surface area contributed by atoms with Crippen molar-refractivity contribution in [3.8, 4) is 34.3 Å². The monoisotopic (exact) mass is 594 g/mol. The summed E-state index contributed by atoms with van der Waals surface area (Å²) < 4.78 is 33.1. The molecule has 0 saturated carbocycles. The average molecular weight is 595 g/mol. The minimum atomic E-state index is -2.05. The highest BCUT2D eigenvalue weighted by molar-refractivity contribution is 5.86. The molecule has 0 unspecified atom stereocenters. The van der Waals surface area contributed by atoms with E-state index in [1.165, 1.54) is 25.3 Å². The number of ether oxygens (including phenoxy) is 5. The number of methoxy groups -OCH3 is 1. The number of hydrogen-bond donors (Lipinski definition) is 8. The van der Waals surface area contributed by atoms with Crippen LogP contribution in [0, 0.1) is 0 Å². The number of hydrogen-bond acceptors (Lipinski definition) is 15. The van der Waals surface area contributed by atoms with Gasteiger partial charge in [0.1, 0.15) is 58.2 Å². The van der Waals surface area contributed by atoms with E-state index >= 15 is 0 Å². The Morgan fingerprint density at radius 3 is 2.40 bits per heavy atom. The van der Waals surface area contributed by atoms with E-state index < -0.39 is 79.7 Å². The van der Waals surface area contributed by atoms with Crippen molar-refractivity contribution in [1.82, 2.24) is 0 Å². The van der Waals surface area contributed by atoms with Crippen LogP contribution in [0.15, 0.2) is 45.6 Å². The van der Waals surface area contributed by atoms with E-state index in [4.69, 9.17) is 28.1 Å². The van der Waals surface area contributed by atoms with Crippen LogP contribution < -0.4 is 14.9 Å². The summed E-state index contributed by atoms with van der Waals surface area (Å²) in [5, 5.41) is 81.5. The Balaban J connectivity index is 1.48. The minimum absolute atomic E-state index is 0.0414. The number of phenols is 2. The van der Waals surface area contributed by atoms with Crippen LogP contribution in [-0.4, -0.2) is 116 Å². The molecule has 1 aromatic heterocycles. The van der Waals surface area contributed by atoms with E-state index in [0.29, 0.717) is 5.56 Å². The lowest BCUT2D eigenvalue weighted by molar-refractivity contribution is -0.318. The second-order valence-corrected chi connectivity index (χ2v) is 9.99. The first kappa shape index (κ1) is 30.0. The molecule has 0 aliphatic carbocycles. The quantitative estimate of drug-likeness (QED) is 0.148. The summed E-state index contributed by atoms with van der Waals surface area (Å²) in [6, 6.07) is 7.76. The van der Waals surface area contributed by atoms with Crippen LogP contribution in [0.1, 0.15) is 0 Å². The summed E-state index contributed by atoms with van der Waals surface area (Å²) >= 11 is 0. The van der Waals surface area contributed by atoms with Crippen molar-refractivity contribution in [2.45, 2.75) is 48.7 Å². The highest BCUT2D eigenvalue weighted by Gasteiger charge is 2.53. The van der Waals surface area contributed by atoms with Crippen LogP contribution in [0.4, 0.5) is 0 Å². The van der Waals surface area contributed by atoms with Crippen molar-refractivity contribution >= 4 is 11.0 Å². The molecule has 228 valence electrons. The molecule has 2 saturated heterocycles. The third-order valence-corrected chi connectivity index (χ3v) is 7.19. The molecule has 3 heterocycles. The van der Waals surface area contributed by atoms with Gasteiger partial charge in [0.05, 0.1) is 26.9 Å². The zero-order valence-corrected chi connectivity index (χ0v) is 22.1. The molecule has 2 aliphatic rings. The number of aliphatic hydroxyl groups is 6. The van der Waals surface area contributed by atoms with E-state index in [0.717, 1.165) is 12.1 Å². The molecule has 2 fully saturated rings. The van der Waals surface area contributed by atoms with Gasteiger partial charge in [-0.2, -0.15) is 0 Å². The molecule has 8 N–H and O–H groups in total. The Morgan fingerprint density at radius 1 is 1.00 bits per heavy atom. The van der Waals surface area contributed by atoms with E-state index in [1.807, 2.05) is 0 Å². The van der Waals surface area contributed by atoms with Gasteiger partial charge in [0.2, 0.25) is 6.29 Å². The highest BCUT2D eigenvalue weighted by atomic mass is 16.8. The number of aliphatic hydroxyl groups excluding tert-OH is 5. The number of benzene rings is 2. The maximum Gasteiger partial charge on any atom is 0.229 e. The molecule has 0 spiro atoms. The van der Waals surface area contributed by atoms with Gasteiger partial charge in [0.25, 0.3) is 0 Å². The fourth-order valence-corrected chi connectivity index (χ4v) is 4.79. The first-order chi connectivity index (χ1) is 20.0. The van der Waals surface area contributed by atoms with Crippen molar-refractivity contribution in [3.63, 3.8) is 0 Å². The molecular weight excluding hydrogens is 564 g/mol. The zero-order valence-electron chi connectivity index (χ0n) is 22.1. The van der Waals surface area contributed by atoms with Gasteiger partial charge >= 0.3 is 0 Å². The molecule has 0 radical (unpaired) electrons.